The summed E-state index contributed by atoms with van der Waals surface area (Å²) < 4.78 is 229. The molecule has 0 aliphatic heterocycles. The van der Waals surface area contributed by atoms with Crippen molar-refractivity contribution < 1.29 is 89.3 Å². The molecule has 0 aliphatic carbocycles. The first-order valence-corrected chi connectivity index (χ1v) is 9.79. The Balaban J connectivity index is 3.15. The lowest BCUT2D eigenvalue weighted by Crippen LogP contribution is -2.74. The maximum atomic E-state index is 13.8. The standard InChI is InChI=1S/C19H13F17O3/c20-12(21,7-3-4-8-39-10-6-2-1-5-9(10)11(37)38)13(22,23)14(24,25)15(26,27)16(28,29)17(30,31)18(32,33)19(34,35)36/h1-2,5-6H,3-4,7-8H2,(H,37,38)/p-1. The van der Waals surface area contributed by atoms with Gasteiger partial charge < -0.3 is 14.6 Å². The molecule has 226 valence electrons. The lowest BCUT2D eigenvalue weighted by atomic mass is 9.88. The number of carboxylic acids is 1. The molecule has 0 bridgehead atoms. The van der Waals surface area contributed by atoms with Gasteiger partial charge in [-0.15, -0.1) is 0 Å². The molecular weight excluding hydrogens is 599 g/mol. The fraction of sp³-hybridized carbons (Fsp3) is 0.632. The molecule has 20 heteroatoms. The lowest BCUT2D eigenvalue weighted by Gasteiger charge is -2.42. The highest BCUT2D eigenvalue weighted by Gasteiger charge is 2.95. The third-order valence-electron chi connectivity index (χ3n) is 5.04. The van der Waals surface area contributed by atoms with Gasteiger partial charge in [-0.3, -0.25) is 0 Å². The van der Waals surface area contributed by atoms with E-state index in [1.165, 1.54) is 12.1 Å². The van der Waals surface area contributed by atoms with E-state index in [1.54, 1.807) is 0 Å². The van der Waals surface area contributed by atoms with E-state index in [0.717, 1.165) is 12.1 Å². The zero-order chi connectivity index (χ0) is 31.1. The van der Waals surface area contributed by atoms with Gasteiger partial charge in [0.2, 0.25) is 0 Å². The molecule has 1 aromatic carbocycles. The molecule has 39 heavy (non-hydrogen) atoms. The van der Waals surface area contributed by atoms with Crippen LogP contribution >= 0.6 is 0 Å². The summed E-state index contributed by atoms with van der Waals surface area (Å²) in [5.41, 5.74) is -0.593. The highest BCUT2D eigenvalue weighted by Crippen LogP contribution is 2.64. The summed E-state index contributed by atoms with van der Waals surface area (Å²) in [5.74, 6) is -58.8. The van der Waals surface area contributed by atoms with Crippen molar-refractivity contribution in [2.75, 3.05) is 6.61 Å². The van der Waals surface area contributed by atoms with Crippen molar-refractivity contribution in [3.63, 3.8) is 0 Å². The van der Waals surface area contributed by atoms with Crippen LogP contribution in [0.15, 0.2) is 24.3 Å². The molecule has 0 saturated heterocycles. The van der Waals surface area contributed by atoms with Crippen LogP contribution in [0.5, 0.6) is 5.75 Å². The van der Waals surface area contributed by atoms with E-state index in [0.29, 0.717) is 0 Å². The van der Waals surface area contributed by atoms with Crippen LogP contribution in [0.1, 0.15) is 29.6 Å². The molecular formula is C19H12F17O3-. The number of alkyl halides is 17. The minimum absolute atomic E-state index is 0.459. The average molecular weight is 611 g/mol. The molecule has 0 heterocycles. The quantitative estimate of drug-likeness (QED) is 0.187. The Morgan fingerprint density at radius 1 is 0.615 bits per heavy atom. The molecule has 1 aromatic rings. The number of ether oxygens (including phenoxy) is 1. The van der Waals surface area contributed by atoms with Crippen molar-refractivity contribution in [3.05, 3.63) is 29.8 Å². The second-order valence-corrected chi connectivity index (χ2v) is 7.74. The van der Waals surface area contributed by atoms with Crippen molar-refractivity contribution >= 4 is 5.97 Å². The molecule has 0 fully saturated rings. The number of benzene rings is 1. The number of hydrogen-bond donors (Lipinski definition) is 0. The third kappa shape index (κ3) is 5.51. The van der Waals surface area contributed by atoms with Gasteiger partial charge in [0.1, 0.15) is 5.75 Å². The second-order valence-electron chi connectivity index (χ2n) is 7.74. The first-order chi connectivity index (χ1) is 17.1. The molecule has 0 spiro atoms. The number of rotatable bonds is 13. The summed E-state index contributed by atoms with van der Waals surface area (Å²) in [5, 5.41) is 10.9. The Morgan fingerprint density at radius 2 is 1.03 bits per heavy atom. The van der Waals surface area contributed by atoms with E-state index in [4.69, 9.17) is 4.74 Å². The van der Waals surface area contributed by atoms with Gasteiger partial charge in [-0.1, -0.05) is 12.1 Å². The second kappa shape index (κ2) is 10.4. The third-order valence-corrected chi connectivity index (χ3v) is 5.04. The number of hydrogen-bond acceptors (Lipinski definition) is 3. The van der Waals surface area contributed by atoms with Gasteiger partial charge in [-0.05, 0) is 25.0 Å². The number of halogens is 17. The van der Waals surface area contributed by atoms with E-state index in [9.17, 15) is 84.5 Å². The Hall–Kier alpha value is -2.70. The summed E-state index contributed by atoms with van der Waals surface area (Å²) in [7, 11) is 0. The molecule has 1 rings (SSSR count). The highest BCUT2D eigenvalue weighted by molar-refractivity contribution is 5.89. The van der Waals surface area contributed by atoms with Crippen molar-refractivity contribution in [1.29, 1.82) is 0 Å². The predicted octanol–water partition coefficient (Wildman–Crippen LogP) is 6.61. The maximum absolute atomic E-state index is 13.8. The summed E-state index contributed by atoms with van der Waals surface area (Å²) in [4.78, 5) is 10.9. The fourth-order valence-electron chi connectivity index (χ4n) is 2.75. The van der Waals surface area contributed by atoms with Crippen LogP contribution in [0.25, 0.3) is 0 Å². The summed E-state index contributed by atoms with van der Waals surface area (Å²) >= 11 is 0. The van der Waals surface area contributed by atoms with E-state index >= 15 is 0 Å². The van der Waals surface area contributed by atoms with Gasteiger partial charge >= 0.3 is 47.6 Å². The number of aromatic carboxylic acids is 1. The van der Waals surface area contributed by atoms with Crippen molar-refractivity contribution in [2.45, 2.75) is 66.9 Å². The van der Waals surface area contributed by atoms with Crippen LogP contribution in [-0.2, 0) is 0 Å². The molecule has 0 aliphatic rings. The van der Waals surface area contributed by atoms with Gasteiger partial charge in [-0.2, -0.15) is 74.6 Å². The minimum atomic E-state index is -8.66. The van der Waals surface area contributed by atoms with Crippen LogP contribution in [0.3, 0.4) is 0 Å². The van der Waals surface area contributed by atoms with Crippen molar-refractivity contribution in [1.82, 2.24) is 0 Å². The predicted molar refractivity (Wildman–Crippen MR) is 90.8 cm³/mol. The smallest absolute Gasteiger partial charge is 0.460 e. The minimum Gasteiger partial charge on any atom is -0.545 e. The van der Waals surface area contributed by atoms with Crippen molar-refractivity contribution in [2.24, 2.45) is 0 Å². The first kappa shape index (κ1) is 34.3. The van der Waals surface area contributed by atoms with Gasteiger partial charge in [0, 0.05) is 12.0 Å². The molecule has 3 nitrogen and oxygen atoms in total. The summed E-state index contributed by atoms with van der Waals surface area (Å²) in [6.07, 6.45) is -12.6. The Labute approximate surface area is 205 Å². The zero-order valence-electron chi connectivity index (χ0n) is 18.3. The van der Waals surface area contributed by atoms with Gasteiger partial charge in [-0.25, -0.2) is 0 Å². The summed E-state index contributed by atoms with van der Waals surface area (Å²) in [6.45, 7) is -0.824. The normalized spacial score (nSPS) is 14.9. The van der Waals surface area contributed by atoms with Crippen LogP contribution in [0.4, 0.5) is 74.6 Å². The van der Waals surface area contributed by atoms with Crippen molar-refractivity contribution in [3.8, 4) is 5.75 Å². The molecule has 0 atom stereocenters. The summed E-state index contributed by atoms with van der Waals surface area (Å²) in [6, 6.07) is 4.31. The number of unbranched alkanes of at least 4 members (excludes halogenated alkanes) is 1. The average Bonchev–Trinajstić information content (AvgIpc) is 2.77. The monoisotopic (exact) mass is 611 g/mol. The zero-order valence-corrected chi connectivity index (χ0v) is 18.3. The highest BCUT2D eigenvalue weighted by atomic mass is 19.4. The van der Waals surface area contributed by atoms with E-state index < -0.39 is 90.8 Å². The molecule has 0 amide bonds. The molecule has 0 saturated carbocycles. The topological polar surface area (TPSA) is 49.4 Å². The van der Waals surface area contributed by atoms with Gasteiger partial charge in [0.25, 0.3) is 0 Å². The largest absolute Gasteiger partial charge is 0.545 e. The lowest BCUT2D eigenvalue weighted by molar-refractivity contribution is -0.461. The molecule has 0 N–H and O–H groups in total. The maximum Gasteiger partial charge on any atom is 0.460 e. The Bertz CT molecular complexity index is 1020. The first-order valence-electron chi connectivity index (χ1n) is 9.79. The van der Waals surface area contributed by atoms with E-state index in [1.807, 2.05) is 0 Å². The van der Waals surface area contributed by atoms with Crippen LogP contribution in [0.2, 0.25) is 0 Å². The van der Waals surface area contributed by atoms with Crippen LogP contribution in [0, 0.1) is 0 Å². The molecule has 0 radical (unpaired) electrons. The SMILES string of the molecule is O=C([O-])c1ccccc1OCCCCC(F)(F)C(F)(F)C(F)(F)C(F)(F)C(F)(F)C(F)(F)C(F)(F)C(F)(F)F. The molecule has 0 unspecified atom stereocenters. The van der Waals surface area contributed by atoms with Crippen LogP contribution < -0.4 is 9.84 Å². The Kier molecular flexibility index (Phi) is 9.12. The van der Waals surface area contributed by atoms with E-state index in [-0.39, 0.29) is 0 Å². The number of para-hydroxylation sites is 1. The Morgan fingerprint density at radius 3 is 1.46 bits per heavy atom. The molecule has 0 aromatic heterocycles. The number of carbonyl (C=O) groups excluding carboxylic acids is 1. The van der Waals surface area contributed by atoms with Gasteiger partial charge in [0.15, 0.2) is 0 Å². The number of carbonyl (C=O) groups is 1. The van der Waals surface area contributed by atoms with E-state index in [2.05, 4.69) is 0 Å². The number of carboxylic acid groups (broad SMARTS) is 1. The van der Waals surface area contributed by atoms with Crippen LogP contribution in [-0.4, -0.2) is 60.2 Å². The fourth-order valence-corrected chi connectivity index (χ4v) is 2.75. The van der Waals surface area contributed by atoms with Gasteiger partial charge in [0.05, 0.1) is 12.6 Å².